The van der Waals surface area contributed by atoms with Gasteiger partial charge in [0.05, 0.1) is 12.7 Å². The number of ether oxygens (including phenoxy) is 1. The molecule has 1 N–H and O–H groups in total. The summed E-state index contributed by atoms with van der Waals surface area (Å²) in [5.74, 6) is -0.0109. The fourth-order valence-electron chi connectivity index (χ4n) is 2.75. The molecule has 2 aromatic rings. The maximum atomic E-state index is 12.6. The Labute approximate surface area is 130 Å². The predicted molar refractivity (Wildman–Crippen MR) is 83.9 cm³/mol. The fraction of sp³-hybridized carbons (Fsp3) is 0.412. The smallest absolute Gasteiger partial charge is 0.274 e. The van der Waals surface area contributed by atoms with Crippen LogP contribution in [-0.2, 0) is 11.2 Å². The maximum absolute atomic E-state index is 12.6. The molecule has 1 aromatic heterocycles. The largest absolute Gasteiger partial charge is 0.374 e. The van der Waals surface area contributed by atoms with Crippen molar-refractivity contribution in [1.82, 2.24) is 15.1 Å². The molecule has 1 unspecified atom stereocenters. The number of hydrogen-bond donors (Lipinski definition) is 1. The van der Waals surface area contributed by atoms with Crippen molar-refractivity contribution in [3.63, 3.8) is 0 Å². The number of nitrogens with zero attached hydrogens (tertiary/aromatic N) is 2. The van der Waals surface area contributed by atoms with Crippen molar-refractivity contribution in [2.24, 2.45) is 0 Å². The highest BCUT2D eigenvalue weighted by Crippen LogP contribution is 2.16. The van der Waals surface area contributed by atoms with Crippen LogP contribution in [0.1, 0.15) is 27.3 Å². The van der Waals surface area contributed by atoms with Crippen molar-refractivity contribution in [2.45, 2.75) is 26.4 Å². The Hall–Kier alpha value is -2.14. The second-order valence-corrected chi connectivity index (χ2v) is 5.76. The molecular formula is C17H21N3O2. The predicted octanol–water partition coefficient (Wildman–Crippen LogP) is 2.11. The van der Waals surface area contributed by atoms with Gasteiger partial charge in [-0.3, -0.25) is 9.89 Å². The first-order valence-electron chi connectivity index (χ1n) is 7.61. The van der Waals surface area contributed by atoms with E-state index >= 15 is 0 Å². The molecule has 1 aliphatic heterocycles. The molecule has 0 aliphatic carbocycles. The minimum Gasteiger partial charge on any atom is -0.374 e. The Kier molecular flexibility index (Phi) is 4.24. The van der Waals surface area contributed by atoms with Crippen molar-refractivity contribution >= 4 is 5.91 Å². The third kappa shape index (κ3) is 3.04. The van der Waals surface area contributed by atoms with Crippen LogP contribution in [0.15, 0.2) is 30.3 Å². The molecule has 1 aliphatic rings. The van der Waals surface area contributed by atoms with Gasteiger partial charge in [-0.2, -0.15) is 5.10 Å². The number of aryl methyl sites for hydroxylation is 1. The molecule has 0 bridgehead atoms. The van der Waals surface area contributed by atoms with E-state index in [0.717, 1.165) is 17.7 Å². The molecule has 5 heteroatoms. The summed E-state index contributed by atoms with van der Waals surface area (Å²) in [6.45, 7) is 5.66. The molecule has 1 aromatic carbocycles. The Bertz CT molecular complexity index is 651. The van der Waals surface area contributed by atoms with E-state index in [-0.39, 0.29) is 12.0 Å². The zero-order valence-electron chi connectivity index (χ0n) is 13.0. The first-order chi connectivity index (χ1) is 10.6. The molecule has 116 valence electrons. The number of rotatable bonds is 3. The standard InChI is InChI=1S/C17H21N3O2/c1-12-13(2)18-19-16(12)17(21)20-8-9-22-15(11-20)10-14-6-4-3-5-7-14/h3-7,15H,8-11H2,1-2H3,(H,18,19). The monoisotopic (exact) mass is 299 g/mol. The molecule has 3 rings (SSSR count). The van der Waals surface area contributed by atoms with Crippen LogP contribution in [0.4, 0.5) is 0 Å². The van der Waals surface area contributed by atoms with E-state index < -0.39 is 0 Å². The van der Waals surface area contributed by atoms with Crippen LogP contribution in [0.2, 0.25) is 0 Å². The molecule has 1 amide bonds. The van der Waals surface area contributed by atoms with E-state index in [1.165, 1.54) is 5.56 Å². The van der Waals surface area contributed by atoms with Gasteiger partial charge in [-0.05, 0) is 19.4 Å². The SMILES string of the molecule is Cc1[nH]nc(C(=O)N2CCOC(Cc3ccccc3)C2)c1C. The summed E-state index contributed by atoms with van der Waals surface area (Å²) in [5, 5.41) is 7.02. The van der Waals surface area contributed by atoms with E-state index in [2.05, 4.69) is 22.3 Å². The van der Waals surface area contributed by atoms with Gasteiger partial charge in [0.25, 0.3) is 5.91 Å². The van der Waals surface area contributed by atoms with Gasteiger partial charge in [0.2, 0.25) is 0 Å². The summed E-state index contributed by atoms with van der Waals surface area (Å²) < 4.78 is 5.81. The van der Waals surface area contributed by atoms with E-state index in [9.17, 15) is 4.79 Å². The summed E-state index contributed by atoms with van der Waals surface area (Å²) in [4.78, 5) is 14.5. The van der Waals surface area contributed by atoms with Gasteiger partial charge >= 0.3 is 0 Å². The minimum atomic E-state index is -0.0109. The summed E-state index contributed by atoms with van der Waals surface area (Å²) in [6, 6.07) is 10.2. The molecule has 2 heterocycles. The van der Waals surface area contributed by atoms with Crippen molar-refractivity contribution in [2.75, 3.05) is 19.7 Å². The number of carbonyl (C=O) groups is 1. The average Bonchev–Trinajstić information content (AvgIpc) is 2.87. The number of aromatic nitrogens is 2. The van der Waals surface area contributed by atoms with Crippen LogP contribution in [0.25, 0.3) is 0 Å². The fourth-order valence-corrected chi connectivity index (χ4v) is 2.75. The maximum Gasteiger partial charge on any atom is 0.274 e. The minimum absolute atomic E-state index is 0.0109. The van der Waals surface area contributed by atoms with E-state index in [1.54, 1.807) is 0 Å². The van der Waals surface area contributed by atoms with Gasteiger partial charge in [-0.25, -0.2) is 0 Å². The van der Waals surface area contributed by atoms with Gasteiger partial charge < -0.3 is 9.64 Å². The topological polar surface area (TPSA) is 58.2 Å². The molecule has 1 fully saturated rings. The number of hydrogen-bond acceptors (Lipinski definition) is 3. The molecule has 0 saturated carbocycles. The van der Waals surface area contributed by atoms with Gasteiger partial charge in [0, 0.05) is 30.8 Å². The Morgan fingerprint density at radius 2 is 2.14 bits per heavy atom. The van der Waals surface area contributed by atoms with Crippen LogP contribution < -0.4 is 0 Å². The Morgan fingerprint density at radius 3 is 2.82 bits per heavy atom. The molecule has 1 atom stereocenters. The Balaban J connectivity index is 1.68. The quantitative estimate of drug-likeness (QED) is 0.944. The summed E-state index contributed by atoms with van der Waals surface area (Å²) in [6.07, 6.45) is 0.865. The molecule has 22 heavy (non-hydrogen) atoms. The summed E-state index contributed by atoms with van der Waals surface area (Å²) >= 11 is 0. The molecular weight excluding hydrogens is 278 g/mol. The lowest BCUT2D eigenvalue weighted by molar-refractivity contribution is -0.0210. The van der Waals surface area contributed by atoms with Crippen LogP contribution in [0.5, 0.6) is 0 Å². The number of carbonyl (C=O) groups excluding carboxylic acids is 1. The lowest BCUT2D eigenvalue weighted by Gasteiger charge is -2.32. The van der Waals surface area contributed by atoms with E-state index in [4.69, 9.17) is 4.74 Å². The third-order valence-electron chi connectivity index (χ3n) is 4.19. The van der Waals surface area contributed by atoms with E-state index in [1.807, 2.05) is 36.9 Å². The molecule has 5 nitrogen and oxygen atoms in total. The second kappa shape index (κ2) is 6.32. The highest BCUT2D eigenvalue weighted by atomic mass is 16.5. The van der Waals surface area contributed by atoms with Gasteiger partial charge in [-0.15, -0.1) is 0 Å². The Morgan fingerprint density at radius 1 is 1.36 bits per heavy atom. The van der Waals surface area contributed by atoms with Gasteiger partial charge in [0.15, 0.2) is 5.69 Å². The number of benzene rings is 1. The zero-order valence-corrected chi connectivity index (χ0v) is 13.0. The van der Waals surface area contributed by atoms with Crippen LogP contribution >= 0.6 is 0 Å². The molecule has 0 radical (unpaired) electrons. The first kappa shape index (κ1) is 14.8. The molecule has 0 spiro atoms. The zero-order chi connectivity index (χ0) is 15.5. The van der Waals surface area contributed by atoms with Crippen molar-refractivity contribution < 1.29 is 9.53 Å². The number of aromatic amines is 1. The number of H-pyrrole nitrogens is 1. The van der Waals surface area contributed by atoms with Gasteiger partial charge in [-0.1, -0.05) is 30.3 Å². The second-order valence-electron chi connectivity index (χ2n) is 5.76. The average molecular weight is 299 g/mol. The summed E-state index contributed by atoms with van der Waals surface area (Å²) in [7, 11) is 0. The summed E-state index contributed by atoms with van der Waals surface area (Å²) in [5.41, 5.74) is 3.63. The number of morpholine rings is 1. The van der Waals surface area contributed by atoms with Crippen molar-refractivity contribution in [3.05, 3.63) is 52.8 Å². The number of amides is 1. The lowest BCUT2D eigenvalue weighted by Crippen LogP contribution is -2.46. The number of nitrogens with one attached hydrogen (secondary N) is 1. The lowest BCUT2D eigenvalue weighted by atomic mass is 10.1. The normalized spacial score (nSPS) is 18.5. The van der Waals surface area contributed by atoms with Crippen molar-refractivity contribution in [3.8, 4) is 0 Å². The van der Waals surface area contributed by atoms with Gasteiger partial charge in [0.1, 0.15) is 0 Å². The van der Waals surface area contributed by atoms with Crippen LogP contribution in [0, 0.1) is 13.8 Å². The van der Waals surface area contributed by atoms with Crippen molar-refractivity contribution in [1.29, 1.82) is 0 Å². The third-order valence-corrected chi connectivity index (χ3v) is 4.19. The van der Waals surface area contributed by atoms with Crippen LogP contribution in [-0.4, -0.2) is 46.8 Å². The van der Waals surface area contributed by atoms with E-state index in [0.29, 0.717) is 25.4 Å². The highest BCUT2D eigenvalue weighted by molar-refractivity contribution is 5.94. The highest BCUT2D eigenvalue weighted by Gasteiger charge is 2.27. The molecule has 1 saturated heterocycles. The first-order valence-corrected chi connectivity index (χ1v) is 7.61. The van der Waals surface area contributed by atoms with Crippen LogP contribution in [0.3, 0.4) is 0 Å².